The van der Waals surface area contributed by atoms with Gasteiger partial charge in [-0.25, -0.2) is 4.39 Å². The van der Waals surface area contributed by atoms with Crippen LogP contribution in [0.5, 0.6) is 11.5 Å². The Hall–Kier alpha value is -2.60. The Morgan fingerprint density at radius 1 is 1.11 bits per heavy atom. The lowest BCUT2D eigenvalue weighted by Crippen LogP contribution is -2.49. The molecule has 6 heteroatoms. The van der Waals surface area contributed by atoms with Crippen LogP contribution in [0.15, 0.2) is 42.5 Å². The molecule has 1 amide bonds. The van der Waals surface area contributed by atoms with Gasteiger partial charge in [-0.1, -0.05) is 24.3 Å². The van der Waals surface area contributed by atoms with Gasteiger partial charge in [0.25, 0.3) is 0 Å². The second-order valence-electron chi connectivity index (χ2n) is 7.04. The largest absolute Gasteiger partial charge is 0.493 e. The molecule has 2 aromatic carbocycles. The average molecular weight is 386 g/mol. The van der Waals surface area contributed by atoms with E-state index in [-0.39, 0.29) is 17.8 Å². The fraction of sp³-hybridized carbons (Fsp3) is 0.409. The van der Waals surface area contributed by atoms with Gasteiger partial charge in [0.1, 0.15) is 5.82 Å². The molecule has 0 spiro atoms. The molecule has 28 heavy (non-hydrogen) atoms. The van der Waals surface area contributed by atoms with Gasteiger partial charge in [0.2, 0.25) is 5.91 Å². The van der Waals surface area contributed by atoms with Crippen molar-refractivity contribution in [3.05, 3.63) is 59.4 Å². The first-order valence-corrected chi connectivity index (χ1v) is 9.46. The van der Waals surface area contributed by atoms with Crippen molar-refractivity contribution in [2.24, 2.45) is 0 Å². The Kier molecular flexibility index (Phi) is 6.52. The second kappa shape index (κ2) is 9.06. The van der Waals surface area contributed by atoms with Crippen LogP contribution in [0.2, 0.25) is 0 Å². The van der Waals surface area contributed by atoms with Crippen LogP contribution in [0.1, 0.15) is 23.6 Å². The summed E-state index contributed by atoms with van der Waals surface area (Å²) in [6.45, 7) is 2.06. The van der Waals surface area contributed by atoms with Crippen molar-refractivity contribution >= 4 is 5.91 Å². The minimum absolute atomic E-state index is 0.0572. The van der Waals surface area contributed by atoms with Crippen LogP contribution in [0.3, 0.4) is 0 Å². The maximum atomic E-state index is 13.8. The molecule has 1 unspecified atom stereocenters. The molecule has 1 aliphatic heterocycles. The molecule has 0 N–H and O–H groups in total. The Bertz CT molecular complexity index is 827. The molecule has 1 saturated heterocycles. The number of piperazine rings is 1. The van der Waals surface area contributed by atoms with Crippen LogP contribution in [0, 0.1) is 5.82 Å². The predicted molar refractivity (Wildman–Crippen MR) is 106 cm³/mol. The average Bonchev–Trinajstić information content (AvgIpc) is 2.72. The molecule has 0 bridgehead atoms. The van der Waals surface area contributed by atoms with E-state index in [1.807, 2.05) is 23.1 Å². The van der Waals surface area contributed by atoms with Crippen molar-refractivity contribution in [3.63, 3.8) is 0 Å². The molecule has 0 saturated carbocycles. The van der Waals surface area contributed by atoms with Crippen LogP contribution < -0.4 is 9.47 Å². The molecule has 1 fully saturated rings. The smallest absolute Gasteiger partial charge is 0.223 e. The van der Waals surface area contributed by atoms with Crippen LogP contribution in [-0.4, -0.2) is 56.6 Å². The molecule has 0 aliphatic carbocycles. The highest BCUT2D eigenvalue weighted by atomic mass is 19.1. The fourth-order valence-corrected chi connectivity index (χ4v) is 3.62. The highest BCUT2D eigenvalue weighted by Crippen LogP contribution is 2.33. The number of hydrogen-bond acceptors (Lipinski definition) is 4. The van der Waals surface area contributed by atoms with E-state index in [2.05, 4.69) is 11.9 Å². The third-order valence-electron chi connectivity index (χ3n) is 5.36. The highest BCUT2D eigenvalue weighted by Gasteiger charge is 2.29. The van der Waals surface area contributed by atoms with E-state index in [1.54, 1.807) is 32.4 Å². The monoisotopic (exact) mass is 386 g/mol. The van der Waals surface area contributed by atoms with Crippen LogP contribution in [0.25, 0.3) is 0 Å². The lowest BCUT2D eigenvalue weighted by atomic mass is 10.0. The molecule has 1 aliphatic rings. The number of halogens is 1. The molecule has 150 valence electrons. The first-order valence-electron chi connectivity index (χ1n) is 9.46. The van der Waals surface area contributed by atoms with E-state index >= 15 is 0 Å². The Morgan fingerprint density at radius 2 is 1.86 bits per heavy atom. The number of carbonyl (C=O) groups excluding carboxylic acids is 1. The van der Waals surface area contributed by atoms with Gasteiger partial charge in [-0.05, 0) is 42.8 Å². The van der Waals surface area contributed by atoms with Crippen molar-refractivity contribution in [1.82, 2.24) is 9.80 Å². The van der Waals surface area contributed by atoms with Crippen LogP contribution in [0.4, 0.5) is 4.39 Å². The van der Waals surface area contributed by atoms with Crippen molar-refractivity contribution < 1.29 is 18.7 Å². The molecule has 0 aromatic heterocycles. The highest BCUT2D eigenvalue weighted by molar-refractivity contribution is 5.76. The third-order valence-corrected chi connectivity index (χ3v) is 5.36. The van der Waals surface area contributed by atoms with E-state index in [4.69, 9.17) is 9.47 Å². The van der Waals surface area contributed by atoms with Gasteiger partial charge in [0.15, 0.2) is 11.5 Å². The van der Waals surface area contributed by atoms with Crippen LogP contribution in [-0.2, 0) is 11.2 Å². The van der Waals surface area contributed by atoms with Gasteiger partial charge in [-0.3, -0.25) is 9.69 Å². The number of hydrogen-bond donors (Lipinski definition) is 0. The summed E-state index contributed by atoms with van der Waals surface area (Å²) in [5, 5.41) is 0. The number of nitrogens with zero attached hydrogens (tertiary/aromatic N) is 2. The summed E-state index contributed by atoms with van der Waals surface area (Å²) >= 11 is 0. The zero-order valence-electron chi connectivity index (χ0n) is 16.7. The number of aryl methyl sites for hydroxylation is 1. The molecule has 3 rings (SSSR count). The van der Waals surface area contributed by atoms with Gasteiger partial charge in [0.05, 0.1) is 20.3 Å². The maximum Gasteiger partial charge on any atom is 0.223 e. The number of likely N-dealkylation sites (N-methyl/N-ethyl adjacent to an activating group) is 1. The number of ether oxygens (including phenoxy) is 2. The Morgan fingerprint density at radius 3 is 2.57 bits per heavy atom. The number of rotatable bonds is 6. The standard InChI is InChI=1S/C22H27FN2O3/c1-24-12-13-25(22(26)11-9-16-6-4-5-7-18(16)23)15-19(24)17-8-10-20(27-2)21(14-17)28-3/h4-8,10,14,19H,9,11-13,15H2,1-3H3. The minimum Gasteiger partial charge on any atom is -0.493 e. The summed E-state index contributed by atoms with van der Waals surface area (Å²) in [4.78, 5) is 16.8. The van der Waals surface area contributed by atoms with Crippen molar-refractivity contribution in [2.45, 2.75) is 18.9 Å². The van der Waals surface area contributed by atoms with Crippen molar-refractivity contribution in [2.75, 3.05) is 40.9 Å². The number of carbonyl (C=O) groups is 1. The normalized spacial score (nSPS) is 17.4. The summed E-state index contributed by atoms with van der Waals surface area (Å²) in [6, 6.07) is 12.6. The number of amides is 1. The predicted octanol–water partition coefficient (Wildman–Crippen LogP) is 3.29. The van der Waals surface area contributed by atoms with E-state index in [0.29, 0.717) is 43.0 Å². The quantitative estimate of drug-likeness (QED) is 0.764. The van der Waals surface area contributed by atoms with E-state index in [9.17, 15) is 9.18 Å². The van der Waals surface area contributed by atoms with Crippen molar-refractivity contribution in [1.29, 1.82) is 0 Å². The summed E-state index contributed by atoms with van der Waals surface area (Å²) in [7, 11) is 5.29. The van der Waals surface area contributed by atoms with E-state index < -0.39 is 0 Å². The Labute approximate surface area is 165 Å². The lowest BCUT2D eigenvalue weighted by molar-refractivity contribution is -0.134. The number of methoxy groups -OCH3 is 2. The van der Waals surface area contributed by atoms with Crippen LogP contribution >= 0.6 is 0 Å². The zero-order valence-corrected chi connectivity index (χ0v) is 16.7. The molecule has 1 heterocycles. The molecular formula is C22H27FN2O3. The van der Waals surface area contributed by atoms with E-state index in [0.717, 1.165) is 12.1 Å². The SMILES string of the molecule is COc1ccc(C2CN(C(=O)CCc3ccccc3F)CCN2C)cc1OC. The maximum absolute atomic E-state index is 13.8. The van der Waals surface area contributed by atoms with Gasteiger partial charge < -0.3 is 14.4 Å². The van der Waals surface area contributed by atoms with E-state index in [1.165, 1.54) is 6.07 Å². The molecule has 5 nitrogen and oxygen atoms in total. The second-order valence-corrected chi connectivity index (χ2v) is 7.04. The topological polar surface area (TPSA) is 42.0 Å². The van der Waals surface area contributed by atoms with Gasteiger partial charge in [0, 0.05) is 26.1 Å². The van der Waals surface area contributed by atoms with Gasteiger partial charge >= 0.3 is 0 Å². The first kappa shape index (κ1) is 20.1. The van der Waals surface area contributed by atoms with Gasteiger partial charge in [-0.15, -0.1) is 0 Å². The summed E-state index contributed by atoms with van der Waals surface area (Å²) in [6.07, 6.45) is 0.724. The third kappa shape index (κ3) is 4.44. The number of benzene rings is 2. The summed E-state index contributed by atoms with van der Waals surface area (Å²) in [5.41, 5.74) is 1.66. The summed E-state index contributed by atoms with van der Waals surface area (Å²) in [5.74, 6) is 1.16. The molecular weight excluding hydrogens is 359 g/mol. The minimum atomic E-state index is -0.253. The molecule has 1 atom stereocenters. The first-order chi connectivity index (χ1) is 13.5. The molecule has 2 aromatic rings. The molecule has 0 radical (unpaired) electrons. The fourth-order valence-electron chi connectivity index (χ4n) is 3.62. The van der Waals surface area contributed by atoms with Gasteiger partial charge in [-0.2, -0.15) is 0 Å². The van der Waals surface area contributed by atoms with Crippen molar-refractivity contribution in [3.8, 4) is 11.5 Å². The zero-order chi connectivity index (χ0) is 20.1. The summed E-state index contributed by atoms with van der Waals surface area (Å²) < 4.78 is 24.5. The lowest BCUT2D eigenvalue weighted by Gasteiger charge is -2.40. The Balaban J connectivity index is 1.68.